The van der Waals surface area contributed by atoms with Crippen molar-refractivity contribution in [1.82, 2.24) is 0 Å². The zero-order chi connectivity index (χ0) is 39.0. The molecule has 0 bridgehead atoms. The molecule has 2 rings (SSSR count). The zero-order valence-electron chi connectivity index (χ0n) is 36.5. The van der Waals surface area contributed by atoms with Crippen LogP contribution < -0.4 is 14.3 Å². The van der Waals surface area contributed by atoms with Crippen LogP contribution in [0, 0.1) is 27.7 Å². The summed E-state index contributed by atoms with van der Waals surface area (Å²) >= 11 is 0. The van der Waals surface area contributed by atoms with E-state index in [1.54, 1.807) is 12.1 Å². The van der Waals surface area contributed by atoms with Gasteiger partial charge in [0.1, 0.15) is 11.5 Å². The largest absolute Gasteiger partial charge is 0.808 e. The molecular formula is C48H86BNO3. The molecule has 0 aliphatic heterocycles. The van der Waals surface area contributed by atoms with Crippen LogP contribution in [0.5, 0.6) is 11.5 Å². The predicted molar refractivity (Wildman–Crippen MR) is 232 cm³/mol. The Kier molecular flexibility index (Phi) is 29.9. The van der Waals surface area contributed by atoms with Crippen LogP contribution in [-0.4, -0.2) is 38.0 Å². The molecule has 5 heteroatoms. The highest BCUT2D eigenvalue weighted by atomic mass is 16.7. The van der Waals surface area contributed by atoms with Crippen molar-refractivity contribution in [3.05, 3.63) is 58.7 Å². The summed E-state index contributed by atoms with van der Waals surface area (Å²) in [5.41, 5.74) is 4.12. The van der Waals surface area contributed by atoms with Gasteiger partial charge in [0.15, 0.2) is 0 Å². The van der Waals surface area contributed by atoms with Crippen molar-refractivity contribution in [1.29, 1.82) is 0 Å². The van der Waals surface area contributed by atoms with E-state index in [-0.39, 0.29) is 0 Å². The maximum Gasteiger partial charge on any atom is 0.492 e. The summed E-state index contributed by atoms with van der Waals surface area (Å²) in [4.78, 5) is 0. The maximum absolute atomic E-state index is 11.9. The molecule has 2 aromatic rings. The van der Waals surface area contributed by atoms with Gasteiger partial charge in [-0.1, -0.05) is 166 Å². The number of hydrogen-bond donors (Lipinski definition) is 0. The Hall–Kier alpha value is -1.98. The predicted octanol–water partition coefficient (Wildman–Crippen LogP) is 14.0. The van der Waals surface area contributed by atoms with Gasteiger partial charge < -0.3 is 18.8 Å². The fourth-order valence-corrected chi connectivity index (χ4v) is 7.68. The number of rotatable bonds is 32. The van der Waals surface area contributed by atoms with E-state index in [9.17, 15) is 5.02 Å². The summed E-state index contributed by atoms with van der Waals surface area (Å²) in [7, 11) is -1.57. The van der Waals surface area contributed by atoms with Crippen LogP contribution in [0.1, 0.15) is 204 Å². The molecule has 0 fully saturated rings. The second-order valence-electron chi connectivity index (χ2n) is 16.4. The van der Waals surface area contributed by atoms with Crippen molar-refractivity contribution < 1.29 is 18.8 Å². The van der Waals surface area contributed by atoms with E-state index < -0.39 is 7.32 Å². The first kappa shape index (κ1) is 49.0. The van der Waals surface area contributed by atoms with Crippen LogP contribution in [0.25, 0.3) is 0 Å². The van der Waals surface area contributed by atoms with E-state index in [1.807, 2.05) is 52.0 Å². The quantitative estimate of drug-likeness (QED) is 0.0427. The van der Waals surface area contributed by atoms with Crippen molar-refractivity contribution >= 4 is 7.32 Å². The Bertz CT molecular complexity index is 1010. The number of unbranched alkanes of at least 4 members (excludes halogenated alkanes) is 20. The molecular weight excluding hydrogens is 649 g/mol. The highest BCUT2D eigenvalue weighted by Gasteiger charge is 2.25. The lowest BCUT2D eigenvalue weighted by atomic mass is 10.0. The van der Waals surface area contributed by atoms with Crippen LogP contribution in [0.4, 0.5) is 0 Å². The smallest absolute Gasteiger partial charge is 0.492 e. The van der Waals surface area contributed by atoms with Gasteiger partial charge in [0, 0.05) is 0 Å². The van der Waals surface area contributed by atoms with Gasteiger partial charge >= 0.3 is 7.32 Å². The van der Waals surface area contributed by atoms with Crippen LogP contribution in [0.2, 0.25) is 0 Å². The minimum atomic E-state index is -1.57. The average molecular weight is 736 g/mol. The van der Waals surface area contributed by atoms with E-state index in [0.29, 0.717) is 11.5 Å². The maximum atomic E-state index is 11.9. The van der Waals surface area contributed by atoms with Gasteiger partial charge in [-0.2, -0.15) is 0 Å². The molecule has 0 atom stereocenters. The minimum absolute atomic E-state index is 0.556. The molecule has 0 aliphatic carbocycles. The fourth-order valence-electron chi connectivity index (χ4n) is 7.68. The lowest BCUT2D eigenvalue weighted by Crippen LogP contribution is -2.50. The van der Waals surface area contributed by atoms with Gasteiger partial charge in [-0.3, -0.25) is 0 Å². The first-order chi connectivity index (χ1) is 25.7. The Morgan fingerprint density at radius 1 is 0.415 bits per heavy atom. The van der Waals surface area contributed by atoms with Crippen molar-refractivity contribution in [2.75, 3.05) is 26.2 Å². The number of benzene rings is 2. The van der Waals surface area contributed by atoms with Gasteiger partial charge in [0.25, 0.3) is 0 Å². The summed E-state index contributed by atoms with van der Waals surface area (Å²) in [6.07, 6.45) is 34.8. The van der Waals surface area contributed by atoms with Crippen LogP contribution in [-0.2, 0) is 0 Å². The normalized spacial score (nSPS) is 11.3. The first-order valence-corrected chi connectivity index (χ1v) is 22.7. The second-order valence-corrected chi connectivity index (χ2v) is 16.4. The van der Waals surface area contributed by atoms with Crippen LogP contribution >= 0.6 is 0 Å². The molecule has 0 saturated heterocycles. The van der Waals surface area contributed by atoms with Crippen molar-refractivity contribution in [3.8, 4) is 11.5 Å². The fraction of sp³-hybridized carbons (Fsp3) is 0.750. The third kappa shape index (κ3) is 24.9. The lowest BCUT2D eigenvalue weighted by molar-refractivity contribution is -0.929. The van der Waals surface area contributed by atoms with Gasteiger partial charge in [0.05, 0.1) is 26.2 Å². The number of hydrogen-bond acceptors (Lipinski definition) is 3. The number of quaternary nitrogens is 1. The monoisotopic (exact) mass is 736 g/mol. The van der Waals surface area contributed by atoms with Crippen molar-refractivity contribution in [2.24, 2.45) is 0 Å². The molecule has 0 N–H and O–H groups in total. The van der Waals surface area contributed by atoms with Crippen molar-refractivity contribution in [2.45, 2.75) is 209 Å². The van der Waals surface area contributed by atoms with Gasteiger partial charge in [-0.05, 0) is 102 Å². The molecule has 0 aromatic heterocycles. The third-order valence-corrected chi connectivity index (χ3v) is 11.1. The molecule has 53 heavy (non-hydrogen) atoms. The summed E-state index contributed by atoms with van der Waals surface area (Å²) in [6.45, 7) is 23.1. The summed E-state index contributed by atoms with van der Waals surface area (Å²) in [6, 6.07) is 11.3. The SMILES string of the molecule is CCCCCCCC[N+](CCCCCCCC)(CCCCCCCC)CCCCCCCC.Cc1ccc(OB([O-])Oc2ccc(C)cc2C)c(C)c1. The van der Waals surface area contributed by atoms with Crippen LogP contribution in [0.15, 0.2) is 36.4 Å². The molecule has 4 nitrogen and oxygen atoms in total. The summed E-state index contributed by atoms with van der Waals surface area (Å²) in [5, 5.41) is 11.9. The Morgan fingerprint density at radius 2 is 0.679 bits per heavy atom. The minimum Gasteiger partial charge on any atom is -0.808 e. The molecule has 0 spiro atoms. The van der Waals surface area contributed by atoms with Gasteiger partial charge in [-0.25, -0.2) is 0 Å². The Balaban J connectivity index is 0.000000593. The zero-order valence-corrected chi connectivity index (χ0v) is 36.5. The second kappa shape index (κ2) is 32.3. The topological polar surface area (TPSA) is 41.5 Å². The molecule has 0 saturated carbocycles. The van der Waals surface area contributed by atoms with Gasteiger partial charge in [0.2, 0.25) is 0 Å². The van der Waals surface area contributed by atoms with E-state index in [4.69, 9.17) is 9.31 Å². The van der Waals surface area contributed by atoms with Gasteiger partial charge in [-0.15, -0.1) is 0 Å². The Morgan fingerprint density at radius 3 is 0.943 bits per heavy atom. The first-order valence-electron chi connectivity index (χ1n) is 22.7. The molecule has 2 aromatic carbocycles. The summed E-state index contributed by atoms with van der Waals surface area (Å²) < 4.78 is 12.1. The van der Waals surface area contributed by atoms with E-state index in [1.165, 1.54) is 185 Å². The van der Waals surface area contributed by atoms with E-state index in [0.717, 1.165) is 22.3 Å². The molecule has 0 aliphatic rings. The highest BCUT2D eigenvalue weighted by Crippen LogP contribution is 2.23. The molecule has 0 heterocycles. The molecule has 0 amide bonds. The highest BCUT2D eigenvalue weighted by molar-refractivity contribution is 6.34. The molecule has 0 radical (unpaired) electrons. The van der Waals surface area contributed by atoms with E-state index >= 15 is 0 Å². The average Bonchev–Trinajstić information content (AvgIpc) is 3.13. The third-order valence-electron chi connectivity index (χ3n) is 11.1. The van der Waals surface area contributed by atoms with Crippen LogP contribution in [0.3, 0.4) is 0 Å². The number of aryl methyl sites for hydroxylation is 4. The lowest BCUT2D eigenvalue weighted by Gasteiger charge is -2.40. The molecule has 0 unspecified atom stereocenters. The van der Waals surface area contributed by atoms with Crippen molar-refractivity contribution in [3.63, 3.8) is 0 Å². The standard InChI is InChI=1S/C32H68N.C16H18BO3/c1-5-9-13-17-21-25-29-33(30-26-22-18-14-10-6-2,31-27-23-19-15-11-7-3)32-28-24-20-16-12-8-4;1-11-5-7-15(13(3)9-11)19-17(18)20-16-8-6-12(2)10-14(16)4/h5-32H2,1-4H3;5-10H,1-4H3/q+1;-1. The molecule has 304 valence electrons. The van der Waals surface area contributed by atoms with E-state index in [2.05, 4.69) is 27.7 Å². The Labute approximate surface area is 331 Å². The summed E-state index contributed by atoms with van der Waals surface area (Å²) in [5.74, 6) is 1.11. The number of nitrogens with zero attached hydrogens (tertiary/aromatic N) is 1.